The van der Waals surface area contributed by atoms with Crippen LogP contribution in [0, 0.1) is 6.92 Å². The molecule has 0 spiro atoms. The first-order valence-corrected chi connectivity index (χ1v) is 8.17. The number of anilines is 1. The first-order chi connectivity index (χ1) is 11.6. The van der Waals surface area contributed by atoms with Crippen LogP contribution in [0.1, 0.15) is 5.69 Å². The highest BCUT2D eigenvalue weighted by atomic mass is 16.2. The lowest BCUT2D eigenvalue weighted by molar-refractivity contribution is -0.117. The molecule has 2 aromatic heterocycles. The minimum absolute atomic E-state index is 0.0159. The van der Waals surface area contributed by atoms with Gasteiger partial charge in [0, 0.05) is 46.0 Å². The minimum Gasteiger partial charge on any atom is -0.322 e. The van der Waals surface area contributed by atoms with Crippen LogP contribution in [0.15, 0.2) is 18.9 Å². The lowest BCUT2D eigenvalue weighted by atomic mass is 10.3. The zero-order valence-electron chi connectivity index (χ0n) is 14.2. The Labute approximate surface area is 141 Å². The average Bonchev–Trinajstić information content (AvgIpc) is 3.17. The second-order valence-corrected chi connectivity index (χ2v) is 6.13. The third-order valence-electron chi connectivity index (χ3n) is 4.23. The molecule has 0 saturated carbocycles. The van der Waals surface area contributed by atoms with E-state index in [-0.39, 0.29) is 5.91 Å². The molecule has 0 aromatic carbocycles. The number of hydrogen-bond acceptors (Lipinski definition) is 6. The molecule has 2 aromatic rings. The van der Waals surface area contributed by atoms with E-state index in [9.17, 15) is 4.79 Å². The molecule has 0 radical (unpaired) electrons. The third-order valence-corrected chi connectivity index (χ3v) is 4.23. The van der Waals surface area contributed by atoms with Crippen LogP contribution >= 0.6 is 0 Å². The molecule has 1 saturated heterocycles. The van der Waals surface area contributed by atoms with Gasteiger partial charge in [-0.25, -0.2) is 4.98 Å². The number of piperazine rings is 1. The molecule has 9 heteroatoms. The molecule has 1 N–H and O–H groups in total. The van der Waals surface area contributed by atoms with Gasteiger partial charge in [0.2, 0.25) is 5.91 Å². The lowest BCUT2D eigenvalue weighted by Crippen LogP contribution is -2.49. The number of nitrogens with one attached hydrogen (secondary N) is 1. The summed E-state index contributed by atoms with van der Waals surface area (Å²) in [5.74, 6) is 0.0159. The Morgan fingerprint density at radius 1 is 1.21 bits per heavy atom. The Kier molecular flexibility index (Phi) is 5.21. The standard InChI is InChI=1S/C15H24N8O/c1-13-14(9-20(2)19-13)18-15(24)10-22-5-3-21(4-6-22)7-8-23-12-16-11-17-23/h9,11-12H,3-8,10H2,1-2H3,(H,18,24). The van der Waals surface area contributed by atoms with Crippen molar-refractivity contribution in [1.82, 2.24) is 34.3 Å². The summed E-state index contributed by atoms with van der Waals surface area (Å²) >= 11 is 0. The van der Waals surface area contributed by atoms with Gasteiger partial charge in [0.25, 0.3) is 0 Å². The van der Waals surface area contributed by atoms with E-state index in [1.54, 1.807) is 17.3 Å². The summed E-state index contributed by atoms with van der Waals surface area (Å²) in [5, 5.41) is 11.3. The van der Waals surface area contributed by atoms with Crippen LogP contribution < -0.4 is 5.32 Å². The number of rotatable bonds is 6. The summed E-state index contributed by atoms with van der Waals surface area (Å²) in [6.07, 6.45) is 5.12. The van der Waals surface area contributed by atoms with Gasteiger partial charge in [-0.1, -0.05) is 0 Å². The van der Waals surface area contributed by atoms with Crippen LogP contribution in [-0.2, 0) is 18.4 Å². The highest BCUT2D eigenvalue weighted by Gasteiger charge is 2.19. The Morgan fingerprint density at radius 3 is 2.58 bits per heavy atom. The van der Waals surface area contributed by atoms with E-state index in [0.29, 0.717) is 6.54 Å². The van der Waals surface area contributed by atoms with E-state index in [1.165, 1.54) is 0 Å². The molecule has 0 bridgehead atoms. The summed E-state index contributed by atoms with van der Waals surface area (Å²) in [6, 6.07) is 0. The Hall–Kier alpha value is -2.26. The second kappa shape index (κ2) is 7.54. The molecule has 1 aliphatic rings. The average molecular weight is 332 g/mol. The molecule has 130 valence electrons. The normalized spacial score (nSPS) is 16.4. The van der Waals surface area contributed by atoms with Gasteiger partial charge in [0.1, 0.15) is 12.7 Å². The number of aryl methyl sites for hydroxylation is 2. The number of aromatic nitrogens is 5. The first-order valence-electron chi connectivity index (χ1n) is 8.17. The molecule has 3 rings (SSSR count). The van der Waals surface area contributed by atoms with Crippen LogP contribution in [0.5, 0.6) is 0 Å². The Bertz CT molecular complexity index is 657. The number of carbonyl (C=O) groups is 1. The largest absolute Gasteiger partial charge is 0.322 e. The summed E-state index contributed by atoms with van der Waals surface area (Å²) < 4.78 is 3.55. The number of carbonyl (C=O) groups excluding carboxylic acids is 1. The molecule has 3 heterocycles. The van der Waals surface area contributed by atoms with Gasteiger partial charge in [-0.05, 0) is 6.92 Å². The SMILES string of the molecule is Cc1nn(C)cc1NC(=O)CN1CCN(CCn2cncn2)CC1. The van der Waals surface area contributed by atoms with Crippen LogP contribution in [0.4, 0.5) is 5.69 Å². The van der Waals surface area contributed by atoms with Crippen LogP contribution in [0.2, 0.25) is 0 Å². The van der Waals surface area contributed by atoms with Gasteiger partial charge in [0.15, 0.2) is 0 Å². The monoisotopic (exact) mass is 332 g/mol. The van der Waals surface area contributed by atoms with Crippen LogP contribution in [0.25, 0.3) is 0 Å². The fraction of sp³-hybridized carbons (Fsp3) is 0.600. The maximum atomic E-state index is 12.2. The van der Waals surface area contributed by atoms with Crippen molar-refractivity contribution in [2.75, 3.05) is 44.6 Å². The predicted molar refractivity (Wildman–Crippen MR) is 89.5 cm³/mol. The van der Waals surface area contributed by atoms with Gasteiger partial charge in [-0.15, -0.1) is 0 Å². The zero-order chi connectivity index (χ0) is 16.9. The molecule has 0 atom stereocenters. The van der Waals surface area contributed by atoms with Crippen molar-refractivity contribution in [3.8, 4) is 0 Å². The van der Waals surface area contributed by atoms with Gasteiger partial charge < -0.3 is 5.32 Å². The molecular formula is C15H24N8O. The van der Waals surface area contributed by atoms with E-state index in [0.717, 1.165) is 50.6 Å². The van der Waals surface area contributed by atoms with Gasteiger partial charge >= 0.3 is 0 Å². The summed E-state index contributed by atoms with van der Waals surface area (Å²) in [6.45, 7) is 7.85. The fourth-order valence-corrected chi connectivity index (χ4v) is 2.88. The summed E-state index contributed by atoms with van der Waals surface area (Å²) in [7, 11) is 1.85. The van der Waals surface area contributed by atoms with Crippen LogP contribution in [-0.4, -0.2) is 79.5 Å². The van der Waals surface area contributed by atoms with Crippen molar-refractivity contribution in [2.24, 2.45) is 7.05 Å². The van der Waals surface area contributed by atoms with E-state index < -0.39 is 0 Å². The van der Waals surface area contributed by atoms with E-state index in [1.807, 2.05) is 24.9 Å². The Balaban J connectivity index is 1.38. The van der Waals surface area contributed by atoms with Crippen LogP contribution in [0.3, 0.4) is 0 Å². The molecule has 1 amide bonds. The van der Waals surface area contributed by atoms with Crippen molar-refractivity contribution < 1.29 is 4.79 Å². The maximum absolute atomic E-state index is 12.2. The van der Waals surface area contributed by atoms with Gasteiger partial charge in [-0.2, -0.15) is 10.2 Å². The number of amides is 1. The minimum atomic E-state index is 0.0159. The smallest absolute Gasteiger partial charge is 0.238 e. The first kappa shape index (κ1) is 16.6. The lowest BCUT2D eigenvalue weighted by Gasteiger charge is -2.34. The molecule has 0 unspecified atom stereocenters. The molecule has 9 nitrogen and oxygen atoms in total. The van der Waals surface area contributed by atoms with Crippen molar-refractivity contribution in [1.29, 1.82) is 0 Å². The second-order valence-electron chi connectivity index (χ2n) is 6.13. The molecule has 1 aliphatic heterocycles. The highest BCUT2D eigenvalue weighted by molar-refractivity contribution is 5.92. The third kappa shape index (κ3) is 4.39. The van der Waals surface area contributed by atoms with Crippen molar-refractivity contribution >= 4 is 11.6 Å². The molecule has 0 aliphatic carbocycles. The number of nitrogens with zero attached hydrogens (tertiary/aromatic N) is 7. The van der Waals surface area contributed by atoms with E-state index in [2.05, 4.69) is 30.3 Å². The summed E-state index contributed by atoms with van der Waals surface area (Å²) in [5.41, 5.74) is 1.62. The van der Waals surface area contributed by atoms with E-state index >= 15 is 0 Å². The van der Waals surface area contributed by atoms with Crippen molar-refractivity contribution in [2.45, 2.75) is 13.5 Å². The fourth-order valence-electron chi connectivity index (χ4n) is 2.88. The Morgan fingerprint density at radius 2 is 1.96 bits per heavy atom. The van der Waals surface area contributed by atoms with Gasteiger partial charge in [-0.3, -0.25) is 24.0 Å². The topological polar surface area (TPSA) is 84.1 Å². The maximum Gasteiger partial charge on any atom is 0.238 e. The highest BCUT2D eigenvalue weighted by Crippen LogP contribution is 2.11. The molecular weight excluding hydrogens is 308 g/mol. The molecule has 24 heavy (non-hydrogen) atoms. The van der Waals surface area contributed by atoms with Crippen molar-refractivity contribution in [3.63, 3.8) is 0 Å². The van der Waals surface area contributed by atoms with E-state index in [4.69, 9.17) is 0 Å². The number of hydrogen-bond donors (Lipinski definition) is 1. The quantitative estimate of drug-likeness (QED) is 0.773. The van der Waals surface area contributed by atoms with Gasteiger partial charge in [0.05, 0.1) is 24.5 Å². The zero-order valence-corrected chi connectivity index (χ0v) is 14.2. The van der Waals surface area contributed by atoms with Crippen molar-refractivity contribution in [3.05, 3.63) is 24.5 Å². The predicted octanol–water partition coefficient (Wildman–Crippen LogP) is -0.424. The molecule has 1 fully saturated rings. The summed E-state index contributed by atoms with van der Waals surface area (Å²) in [4.78, 5) is 20.7.